The maximum Gasteiger partial charge on any atom is 0.323 e. The van der Waals surface area contributed by atoms with Crippen molar-refractivity contribution in [3.05, 3.63) is 105 Å². The van der Waals surface area contributed by atoms with Crippen LogP contribution in [-0.2, 0) is 17.1 Å². The monoisotopic (exact) mass is 504 g/mol. The molecule has 0 unspecified atom stereocenters. The topological polar surface area (TPSA) is 143 Å². The van der Waals surface area contributed by atoms with Gasteiger partial charge in [0.25, 0.3) is 21.5 Å². The summed E-state index contributed by atoms with van der Waals surface area (Å²) in [4.78, 5) is 47.8. The minimum Gasteiger partial charge on any atom is -0.306 e. The molecular weight excluding hydrogens is 484 g/mol. The van der Waals surface area contributed by atoms with Crippen molar-refractivity contribution in [1.29, 1.82) is 0 Å². The van der Waals surface area contributed by atoms with Gasteiger partial charge in [0.05, 0.1) is 32.9 Å². The molecule has 0 spiro atoms. The van der Waals surface area contributed by atoms with Crippen LogP contribution in [0.3, 0.4) is 0 Å². The first-order chi connectivity index (χ1) is 17.2. The van der Waals surface area contributed by atoms with Crippen molar-refractivity contribution in [1.82, 2.24) is 24.3 Å². The highest BCUT2D eigenvalue weighted by Crippen LogP contribution is 2.28. The number of imidazole rings is 1. The fourth-order valence-electron chi connectivity index (χ4n) is 4.00. The summed E-state index contributed by atoms with van der Waals surface area (Å²) in [5, 5.41) is 0. The number of anilines is 1. The molecule has 0 fully saturated rings. The molecule has 12 heteroatoms. The zero-order valence-corrected chi connectivity index (χ0v) is 20.0. The second-order valence-electron chi connectivity index (χ2n) is 8.01. The predicted molar refractivity (Wildman–Crippen MR) is 133 cm³/mol. The summed E-state index contributed by atoms with van der Waals surface area (Å²) < 4.78 is 31.2. The lowest BCUT2D eigenvalue weighted by Gasteiger charge is -2.21. The van der Waals surface area contributed by atoms with Crippen LogP contribution >= 0.6 is 0 Å². The third kappa shape index (κ3) is 3.64. The molecule has 5 aromatic rings. The molecule has 0 atom stereocenters. The minimum absolute atomic E-state index is 0.0221. The Morgan fingerprint density at radius 3 is 2.39 bits per heavy atom. The molecule has 0 aliphatic heterocycles. The number of sulfonamides is 1. The number of rotatable bonds is 5. The van der Waals surface area contributed by atoms with Crippen molar-refractivity contribution >= 4 is 32.7 Å². The van der Waals surface area contributed by atoms with E-state index in [4.69, 9.17) is 0 Å². The number of hydrogen-bond acceptors (Lipinski definition) is 6. The summed E-state index contributed by atoms with van der Waals surface area (Å²) in [6, 6.07) is 15.5. The molecule has 3 heterocycles. The highest BCUT2D eigenvalue weighted by Gasteiger charge is 2.37. The number of pyridine rings is 1. The quantitative estimate of drug-likeness (QED) is 0.375. The van der Waals surface area contributed by atoms with Crippen LogP contribution in [-0.4, -0.2) is 38.6 Å². The highest BCUT2D eigenvalue weighted by molar-refractivity contribution is 7.93. The molecule has 0 saturated carbocycles. The van der Waals surface area contributed by atoms with E-state index in [0.29, 0.717) is 15.5 Å². The molecule has 2 N–H and O–H groups in total. The van der Waals surface area contributed by atoms with Crippen LogP contribution in [0.4, 0.5) is 5.69 Å². The van der Waals surface area contributed by atoms with Crippen LogP contribution in [0.25, 0.3) is 16.7 Å². The maximum atomic E-state index is 14.0. The summed E-state index contributed by atoms with van der Waals surface area (Å²) in [7, 11) is -3.02. The van der Waals surface area contributed by atoms with Crippen LogP contribution in [0, 0.1) is 6.92 Å². The van der Waals surface area contributed by atoms with E-state index in [1.54, 1.807) is 44.3 Å². The third-order valence-electron chi connectivity index (χ3n) is 5.85. The van der Waals surface area contributed by atoms with Gasteiger partial charge in [0.15, 0.2) is 0 Å². The molecular formula is C24H20N6O5S. The number of nitrogens with zero attached hydrogens (tertiary/aromatic N) is 4. The van der Waals surface area contributed by atoms with Crippen LogP contribution in [0.2, 0.25) is 0 Å². The number of aromatic amines is 2. The van der Waals surface area contributed by atoms with Gasteiger partial charge in [0, 0.05) is 19.4 Å². The Hall–Kier alpha value is -4.71. The van der Waals surface area contributed by atoms with Gasteiger partial charge in [-0.15, -0.1) is 0 Å². The van der Waals surface area contributed by atoms with E-state index in [9.17, 15) is 22.8 Å². The molecule has 0 aliphatic rings. The number of amides is 1. The Balaban J connectivity index is 1.78. The number of H-pyrrole nitrogens is 2. The highest BCUT2D eigenvalue weighted by atomic mass is 32.2. The van der Waals surface area contributed by atoms with Crippen molar-refractivity contribution in [3.8, 4) is 5.69 Å². The molecule has 5 rings (SSSR count). The third-order valence-corrected chi connectivity index (χ3v) is 7.52. The first kappa shape index (κ1) is 23.1. The molecule has 11 nitrogen and oxygen atoms in total. The van der Waals surface area contributed by atoms with E-state index >= 15 is 0 Å². The lowest BCUT2D eigenvalue weighted by molar-refractivity contribution is 0.100. The van der Waals surface area contributed by atoms with Gasteiger partial charge >= 0.3 is 5.69 Å². The largest absolute Gasteiger partial charge is 0.323 e. The summed E-state index contributed by atoms with van der Waals surface area (Å²) in [5.41, 5.74) is -0.167. The molecule has 182 valence electrons. The summed E-state index contributed by atoms with van der Waals surface area (Å²) in [6.07, 6.45) is 2.67. The number of hydrogen-bond donors (Lipinski definition) is 2. The fraction of sp³-hybridized carbons (Fsp3) is 0.0833. The van der Waals surface area contributed by atoms with Crippen molar-refractivity contribution in [2.24, 2.45) is 7.05 Å². The average Bonchev–Trinajstić information content (AvgIpc) is 3.35. The van der Waals surface area contributed by atoms with Gasteiger partial charge in [-0.25, -0.2) is 17.9 Å². The van der Waals surface area contributed by atoms with E-state index in [-0.39, 0.29) is 27.4 Å². The Labute approximate surface area is 204 Å². The zero-order chi connectivity index (χ0) is 25.6. The normalized spacial score (nSPS) is 11.6. The number of carbonyl (C=O) groups is 1. The molecule has 3 aromatic heterocycles. The first-order valence-corrected chi connectivity index (χ1v) is 12.2. The van der Waals surface area contributed by atoms with Crippen molar-refractivity contribution in [3.63, 3.8) is 0 Å². The van der Waals surface area contributed by atoms with Gasteiger partial charge in [0.2, 0.25) is 0 Å². The number of para-hydroxylation sites is 1. The van der Waals surface area contributed by atoms with Gasteiger partial charge in [-0.1, -0.05) is 18.2 Å². The predicted octanol–water partition coefficient (Wildman–Crippen LogP) is 2.08. The summed E-state index contributed by atoms with van der Waals surface area (Å²) in [6.45, 7) is 1.56. The number of nitrogens with one attached hydrogen (secondary N) is 2. The number of carbonyl (C=O) groups excluding carboxylic acids is 1. The van der Waals surface area contributed by atoms with E-state index in [1.165, 1.54) is 52.1 Å². The SMILES string of the molecule is Cc1c(N(C(=O)c2cccnc2)S(=O)(=O)c2ccc3[nH]c(=O)[nH]c3c2)c(=O)n(-c2ccccc2)n1C. The lowest BCUT2D eigenvalue weighted by Crippen LogP contribution is -2.40. The second kappa shape index (κ2) is 8.50. The summed E-state index contributed by atoms with van der Waals surface area (Å²) >= 11 is 0. The zero-order valence-electron chi connectivity index (χ0n) is 19.2. The van der Waals surface area contributed by atoms with Gasteiger partial charge < -0.3 is 9.97 Å². The molecule has 2 aromatic carbocycles. The van der Waals surface area contributed by atoms with E-state index in [0.717, 1.165) is 0 Å². The smallest absolute Gasteiger partial charge is 0.306 e. The van der Waals surface area contributed by atoms with Gasteiger partial charge in [-0.3, -0.25) is 19.3 Å². The van der Waals surface area contributed by atoms with Gasteiger partial charge in [-0.05, 0) is 49.4 Å². The molecule has 0 saturated heterocycles. The second-order valence-corrected chi connectivity index (χ2v) is 9.80. The first-order valence-electron chi connectivity index (χ1n) is 10.8. The van der Waals surface area contributed by atoms with Gasteiger partial charge in [-0.2, -0.15) is 4.31 Å². The fourth-order valence-corrected chi connectivity index (χ4v) is 5.49. The van der Waals surface area contributed by atoms with Crippen LogP contribution in [0.1, 0.15) is 16.1 Å². The summed E-state index contributed by atoms with van der Waals surface area (Å²) in [5.74, 6) is -0.947. The minimum atomic E-state index is -4.62. The van der Waals surface area contributed by atoms with Crippen molar-refractivity contribution < 1.29 is 13.2 Å². The molecule has 0 bridgehead atoms. The van der Waals surface area contributed by atoms with Crippen LogP contribution in [0.5, 0.6) is 0 Å². The standard InChI is InChI=1S/C24H20N6O5S/c1-15-21(23(32)29(28(15)2)17-8-4-3-5-9-17)30(22(31)16-7-6-12-25-14-16)36(34,35)18-10-11-19-20(13-18)27-24(33)26-19/h3-14H,1-2H3,(H2,26,27,33). The number of aromatic nitrogens is 5. The molecule has 0 radical (unpaired) electrons. The maximum absolute atomic E-state index is 14.0. The Kier molecular flexibility index (Phi) is 5.44. The Bertz CT molecular complexity index is 1830. The average molecular weight is 505 g/mol. The van der Waals surface area contributed by atoms with Crippen LogP contribution in [0.15, 0.2) is 87.5 Å². The number of benzene rings is 2. The van der Waals surface area contributed by atoms with E-state index in [1.807, 2.05) is 0 Å². The lowest BCUT2D eigenvalue weighted by atomic mass is 10.2. The van der Waals surface area contributed by atoms with Crippen LogP contribution < -0.4 is 15.6 Å². The molecule has 1 amide bonds. The number of fused-ring (bicyclic) bond motifs is 1. The van der Waals surface area contributed by atoms with E-state index in [2.05, 4.69) is 15.0 Å². The van der Waals surface area contributed by atoms with Crippen molar-refractivity contribution in [2.75, 3.05) is 4.31 Å². The Morgan fingerprint density at radius 1 is 0.972 bits per heavy atom. The van der Waals surface area contributed by atoms with E-state index < -0.39 is 27.2 Å². The Morgan fingerprint density at radius 2 is 1.69 bits per heavy atom. The molecule has 36 heavy (non-hydrogen) atoms. The molecule has 0 aliphatic carbocycles. The van der Waals surface area contributed by atoms with Gasteiger partial charge in [0.1, 0.15) is 5.69 Å². The van der Waals surface area contributed by atoms with Crippen molar-refractivity contribution in [2.45, 2.75) is 11.8 Å².